The summed E-state index contributed by atoms with van der Waals surface area (Å²) in [6, 6.07) is 10.3. The van der Waals surface area contributed by atoms with E-state index >= 15 is 0 Å². The molecule has 2 rings (SSSR count). The normalized spacial score (nSPS) is 12.2. The summed E-state index contributed by atoms with van der Waals surface area (Å²) in [7, 11) is -4.12. The molecule has 1 N–H and O–H groups in total. The zero-order valence-corrected chi connectivity index (χ0v) is 12.8. The fourth-order valence-corrected chi connectivity index (χ4v) is 3.77. The second kappa shape index (κ2) is 5.69. The number of benzene rings is 2. The first-order valence-corrected chi connectivity index (χ1v) is 7.93. The molecule has 0 spiro atoms. The van der Waals surface area contributed by atoms with Crippen molar-refractivity contribution in [3.05, 3.63) is 58.6 Å². The minimum atomic E-state index is -4.65. The standard InChI is InChI=1S/C13H9BrF3NO2S/c14-10-6-2-4-8-12(10)21(19,20)18-11-7-3-1-5-9(11)13(15,16)17/h1-8,18H. The lowest BCUT2D eigenvalue weighted by Gasteiger charge is -2.15. The molecule has 21 heavy (non-hydrogen) atoms. The summed E-state index contributed by atoms with van der Waals surface area (Å²) in [6.45, 7) is 0. The molecule has 0 aliphatic rings. The fourth-order valence-electron chi connectivity index (χ4n) is 1.68. The molecule has 0 saturated heterocycles. The van der Waals surface area contributed by atoms with Crippen LogP contribution in [0.4, 0.5) is 18.9 Å². The molecule has 0 amide bonds. The summed E-state index contributed by atoms with van der Waals surface area (Å²) < 4.78 is 65.2. The molecular weight excluding hydrogens is 371 g/mol. The summed E-state index contributed by atoms with van der Waals surface area (Å²) >= 11 is 3.06. The number of hydrogen-bond acceptors (Lipinski definition) is 2. The molecule has 2 aromatic rings. The Balaban J connectivity index is 2.46. The van der Waals surface area contributed by atoms with Gasteiger partial charge in [0.05, 0.1) is 11.3 Å². The Morgan fingerprint density at radius 2 is 1.52 bits per heavy atom. The average molecular weight is 380 g/mol. The molecule has 0 aromatic heterocycles. The van der Waals surface area contributed by atoms with E-state index in [1.807, 2.05) is 4.72 Å². The number of para-hydroxylation sites is 1. The number of hydrogen-bond donors (Lipinski definition) is 1. The number of alkyl halides is 3. The van der Waals surface area contributed by atoms with E-state index in [2.05, 4.69) is 15.9 Å². The number of sulfonamides is 1. The van der Waals surface area contributed by atoms with Gasteiger partial charge in [0, 0.05) is 4.47 Å². The predicted octanol–water partition coefficient (Wildman–Crippen LogP) is 4.27. The summed E-state index contributed by atoms with van der Waals surface area (Å²) in [5, 5.41) is 0. The minimum Gasteiger partial charge on any atom is -0.279 e. The lowest BCUT2D eigenvalue weighted by atomic mass is 10.2. The minimum absolute atomic E-state index is 0.137. The maximum atomic E-state index is 12.9. The van der Waals surface area contributed by atoms with Crippen LogP contribution in [0.1, 0.15) is 5.56 Å². The molecular formula is C13H9BrF3NO2S. The molecule has 3 nitrogen and oxygen atoms in total. The first-order chi connectivity index (χ1) is 9.72. The van der Waals surface area contributed by atoms with E-state index in [0.29, 0.717) is 0 Å². The topological polar surface area (TPSA) is 46.2 Å². The van der Waals surface area contributed by atoms with Crippen molar-refractivity contribution in [3.8, 4) is 0 Å². The Hall–Kier alpha value is -1.54. The van der Waals surface area contributed by atoms with Gasteiger partial charge in [0.25, 0.3) is 10.0 Å². The highest BCUT2D eigenvalue weighted by Crippen LogP contribution is 2.35. The van der Waals surface area contributed by atoms with Crippen molar-refractivity contribution in [3.63, 3.8) is 0 Å². The molecule has 0 unspecified atom stereocenters. The molecule has 0 fully saturated rings. The summed E-state index contributed by atoms with van der Waals surface area (Å²) in [5.74, 6) is 0. The van der Waals surface area contributed by atoms with Gasteiger partial charge in [0.2, 0.25) is 0 Å². The van der Waals surface area contributed by atoms with Gasteiger partial charge < -0.3 is 0 Å². The van der Waals surface area contributed by atoms with E-state index in [1.54, 1.807) is 6.07 Å². The third-order valence-electron chi connectivity index (χ3n) is 2.60. The van der Waals surface area contributed by atoms with Crippen LogP contribution in [0.2, 0.25) is 0 Å². The highest BCUT2D eigenvalue weighted by Gasteiger charge is 2.34. The maximum absolute atomic E-state index is 12.9. The van der Waals surface area contributed by atoms with Crippen molar-refractivity contribution in [2.45, 2.75) is 11.1 Å². The quantitative estimate of drug-likeness (QED) is 0.865. The Bertz CT molecular complexity index is 760. The Kier molecular flexibility index (Phi) is 4.29. The van der Waals surface area contributed by atoms with Crippen molar-refractivity contribution >= 4 is 31.6 Å². The van der Waals surface area contributed by atoms with Gasteiger partial charge in [-0.3, -0.25) is 4.72 Å². The van der Waals surface area contributed by atoms with Gasteiger partial charge in [-0.1, -0.05) is 24.3 Å². The molecule has 0 atom stereocenters. The molecule has 8 heteroatoms. The lowest BCUT2D eigenvalue weighted by molar-refractivity contribution is -0.136. The molecule has 0 aliphatic carbocycles. The van der Waals surface area contributed by atoms with Crippen molar-refractivity contribution in [2.24, 2.45) is 0 Å². The van der Waals surface area contributed by atoms with E-state index in [9.17, 15) is 21.6 Å². The number of anilines is 1. The van der Waals surface area contributed by atoms with Crippen LogP contribution in [-0.4, -0.2) is 8.42 Å². The van der Waals surface area contributed by atoms with E-state index in [1.165, 1.54) is 30.3 Å². The molecule has 0 saturated carbocycles. The van der Waals surface area contributed by atoms with Gasteiger partial charge in [0.1, 0.15) is 4.90 Å². The first kappa shape index (κ1) is 15.8. The van der Waals surface area contributed by atoms with Crippen molar-refractivity contribution < 1.29 is 21.6 Å². The van der Waals surface area contributed by atoms with Crippen LogP contribution in [0.3, 0.4) is 0 Å². The Morgan fingerprint density at radius 3 is 2.14 bits per heavy atom. The first-order valence-electron chi connectivity index (χ1n) is 5.65. The zero-order valence-electron chi connectivity index (χ0n) is 10.4. The van der Waals surface area contributed by atoms with Gasteiger partial charge in [-0.05, 0) is 40.2 Å². The predicted molar refractivity (Wildman–Crippen MR) is 76.4 cm³/mol. The number of nitrogens with one attached hydrogen (secondary N) is 1. The van der Waals surface area contributed by atoms with Crippen LogP contribution in [0.15, 0.2) is 57.9 Å². The lowest BCUT2D eigenvalue weighted by Crippen LogP contribution is -2.17. The van der Waals surface area contributed by atoms with Gasteiger partial charge in [-0.25, -0.2) is 8.42 Å². The van der Waals surface area contributed by atoms with Crippen molar-refractivity contribution in [1.82, 2.24) is 0 Å². The Morgan fingerprint density at radius 1 is 0.952 bits per heavy atom. The second-order valence-electron chi connectivity index (χ2n) is 4.08. The van der Waals surface area contributed by atoms with Crippen LogP contribution in [-0.2, 0) is 16.2 Å². The molecule has 2 aromatic carbocycles. The van der Waals surface area contributed by atoms with Gasteiger partial charge in [-0.15, -0.1) is 0 Å². The highest BCUT2D eigenvalue weighted by atomic mass is 79.9. The molecule has 0 radical (unpaired) electrons. The van der Waals surface area contributed by atoms with Crippen LogP contribution in [0.5, 0.6) is 0 Å². The Labute approximate surface area is 128 Å². The molecule has 0 bridgehead atoms. The fraction of sp³-hybridized carbons (Fsp3) is 0.0769. The maximum Gasteiger partial charge on any atom is 0.418 e. The van der Waals surface area contributed by atoms with Crippen LogP contribution >= 0.6 is 15.9 Å². The van der Waals surface area contributed by atoms with Crippen LogP contribution in [0, 0.1) is 0 Å². The monoisotopic (exact) mass is 379 g/mol. The third kappa shape index (κ3) is 3.56. The second-order valence-corrected chi connectivity index (χ2v) is 6.58. The average Bonchev–Trinajstić information content (AvgIpc) is 2.38. The van der Waals surface area contributed by atoms with E-state index < -0.39 is 27.5 Å². The van der Waals surface area contributed by atoms with E-state index in [0.717, 1.165) is 12.1 Å². The third-order valence-corrected chi connectivity index (χ3v) is 4.98. The van der Waals surface area contributed by atoms with Crippen LogP contribution < -0.4 is 4.72 Å². The van der Waals surface area contributed by atoms with E-state index in [-0.39, 0.29) is 9.37 Å². The van der Waals surface area contributed by atoms with Gasteiger partial charge in [0.15, 0.2) is 0 Å². The van der Waals surface area contributed by atoms with Crippen molar-refractivity contribution in [2.75, 3.05) is 4.72 Å². The molecule has 112 valence electrons. The molecule has 0 heterocycles. The van der Waals surface area contributed by atoms with Gasteiger partial charge >= 0.3 is 6.18 Å². The van der Waals surface area contributed by atoms with Gasteiger partial charge in [-0.2, -0.15) is 13.2 Å². The van der Waals surface area contributed by atoms with Crippen molar-refractivity contribution in [1.29, 1.82) is 0 Å². The van der Waals surface area contributed by atoms with Crippen LogP contribution in [0.25, 0.3) is 0 Å². The summed E-state index contributed by atoms with van der Waals surface area (Å²) in [6.07, 6.45) is -4.65. The largest absolute Gasteiger partial charge is 0.418 e. The highest BCUT2D eigenvalue weighted by molar-refractivity contribution is 9.10. The SMILES string of the molecule is O=S(=O)(Nc1ccccc1C(F)(F)F)c1ccccc1Br. The smallest absolute Gasteiger partial charge is 0.279 e. The molecule has 0 aliphatic heterocycles. The number of rotatable bonds is 3. The summed E-state index contributed by atoms with van der Waals surface area (Å²) in [5.41, 5.74) is -1.55. The van der Waals surface area contributed by atoms with E-state index in [4.69, 9.17) is 0 Å². The number of halogens is 4. The summed E-state index contributed by atoms with van der Waals surface area (Å²) in [4.78, 5) is -0.137. The zero-order chi connectivity index (χ0) is 15.7.